The molecule has 5 unspecified atom stereocenters. The van der Waals surface area contributed by atoms with Gasteiger partial charge in [-0.05, 0) is 6.92 Å². The summed E-state index contributed by atoms with van der Waals surface area (Å²) in [7, 11) is -8.65. The zero-order valence-electron chi connectivity index (χ0n) is 25.5. The first-order chi connectivity index (χ1) is 21.9. The standard InChI is InChI=1S/C24H44N2O18P2/c1-19-17-26(24(30)25-23(19)29)22-16-20(28)21(44-22)18-43-46(33,34)42-15-13-39-11-9-37-7-5-35-4-6-36-8-10-38-12-14-41-45(31,32)40-3-2-27/h17,20-22,27-28H,2-16,18H2,1H3,(H,31,32)(H,33,34)(H,25,29,30). The molecule has 0 spiro atoms. The smallest absolute Gasteiger partial charge is 0.394 e. The van der Waals surface area contributed by atoms with Gasteiger partial charge in [0.2, 0.25) is 0 Å². The quantitative estimate of drug-likeness (QED) is 0.0532. The number of aromatic nitrogens is 2. The maximum Gasteiger partial charge on any atom is 0.472 e. The number of phosphoric acid groups is 2. The van der Waals surface area contributed by atoms with E-state index in [9.17, 15) is 33.6 Å². The first-order valence-electron chi connectivity index (χ1n) is 14.3. The molecule has 2 heterocycles. The number of aliphatic hydroxyl groups is 2. The fraction of sp³-hybridized carbons (Fsp3) is 0.833. The van der Waals surface area contributed by atoms with E-state index in [-0.39, 0.29) is 71.4 Å². The van der Waals surface area contributed by atoms with Gasteiger partial charge >= 0.3 is 21.3 Å². The Morgan fingerprint density at radius 1 is 0.783 bits per heavy atom. The van der Waals surface area contributed by atoms with Gasteiger partial charge < -0.3 is 48.4 Å². The molecule has 0 aromatic carbocycles. The minimum Gasteiger partial charge on any atom is -0.394 e. The van der Waals surface area contributed by atoms with E-state index in [0.29, 0.717) is 26.4 Å². The molecule has 1 aromatic rings. The average Bonchev–Trinajstić information content (AvgIpc) is 3.38. The number of ether oxygens (including phenoxy) is 6. The number of rotatable bonds is 27. The molecule has 20 nitrogen and oxygen atoms in total. The lowest BCUT2D eigenvalue weighted by molar-refractivity contribution is -0.0476. The molecule has 5 N–H and O–H groups in total. The first kappa shape index (κ1) is 40.8. The summed E-state index contributed by atoms with van der Waals surface area (Å²) in [6.07, 6.45) is -1.67. The second-order valence-electron chi connectivity index (χ2n) is 9.43. The van der Waals surface area contributed by atoms with Gasteiger partial charge in [-0.2, -0.15) is 0 Å². The highest BCUT2D eigenvalue weighted by molar-refractivity contribution is 7.47. The summed E-state index contributed by atoms with van der Waals surface area (Å²) in [5.41, 5.74) is -0.964. The molecule has 1 saturated heterocycles. The van der Waals surface area contributed by atoms with Crippen LogP contribution in [0, 0.1) is 6.92 Å². The summed E-state index contributed by atoms with van der Waals surface area (Å²) in [4.78, 5) is 44.9. The zero-order chi connectivity index (χ0) is 33.8. The van der Waals surface area contributed by atoms with Crippen molar-refractivity contribution in [2.75, 3.05) is 99.1 Å². The molecule has 46 heavy (non-hydrogen) atoms. The van der Waals surface area contributed by atoms with Gasteiger partial charge in [-0.1, -0.05) is 0 Å². The van der Waals surface area contributed by atoms with E-state index in [1.807, 2.05) is 0 Å². The maximum absolute atomic E-state index is 12.1. The third kappa shape index (κ3) is 17.1. The molecule has 0 bridgehead atoms. The molecule has 2 rings (SSSR count). The van der Waals surface area contributed by atoms with Gasteiger partial charge in [-0.15, -0.1) is 0 Å². The predicted molar refractivity (Wildman–Crippen MR) is 155 cm³/mol. The number of hydrogen-bond acceptors (Lipinski definition) is 16. The first-order valence-corrected chi connectivity index (χ1v) is 17.3. The van der Waals surface area contributed by atoms with Crippen LogP contribution in [0.25, 0.3) is 0 Å². The molecule has 0 aliphatic carbocycles. The maximum atomic E-state index is 12.1. The van der Waals surface area contributed by atoms with Crippen molar-refractivity contribution in [1.82, 2.24) is 9.55 Å². The lowest BCUT2D eigenvalue weighted by Gasteiger charge is -2.18. The Morgan fingerprint density at radius 3 is 1.70 bits per heavy atom. The van der Waals surface area contributed by atoms with Crippen LogP contribution < -0.4 is 11.2 Å². The fourth-order valence-electron chi connectivity index (χ4n) is 3.64. The molecule has 0 radical (unpaired) electrons. The van der Waals surface area contributed by atoms with Crippen molar-refractivity contribution in [3.63, 3.8) is 0 Å². The van der Waals surface area contributed by atoms with Crippen molar-refractivity contribution in [2.24, 2.45) is 0 Å². The van der Waals surface area contributed by atoms with Crippen LogP contribution in [0.1, 0.15) is 18.2 Å². The summed E-state index contributed by atoms with van der Waals surface area (Å²) in [5, 5.41) is 18.8. The molecule has 268 valence electrons. The molecule has 5 atom stereocenters. The Hall–Kier alpha value is -1.42. The van der Waals surface area contributed by atoms with E-state index in [1.165, 1.54) is 13.1 Å². The molecular formula is C24H44N2O18P2. The Kier molecular flexibility index (Phi) is 19.7. The Balaban J connectivity index is 1.38. The Bertz CT molecular complexity index is 1200. The van der Waals surface area contributed by atoms with Crippen LogP contribution in [0.4, 0.5) is 0 Å². The third-order valence-electron chi connectivity index (χ3n) is 5.86. The van der Waals surface area contributed by atoms with Crippen LogP contribution >= 0.6 is 15.6 Å². The number of hydrogen-bond donors (Lipinski definition) is 5. The number of aryl methyl sites for hydroxylation is 1. The lowest BCUT2D eigenvalue weighted by atomic mass is 10.2. The SMILES string of the molecule is Cc1cn(C2CC(O)C(COP(=O)(O)OCCOCCOCCOCCOCCOCCOP(=O)(O)OCCO)O2)c(=O)[nH]c1=O. The van der Waals surface area contributed by atoms with Gasteiger partial charge in [0.25, 0.3) is 5.56 Å². The summed E-state index contributed by atoms with van der Waals surface area (Å²) < 4.78 is 75.5. The number of aromatic amines is 1. The predicted octanol–water partition coefficient (Wildman–Crippen LogP) is -1.16. The Labute approximate surface area is 264 Å². The summed E-state index contributed by atoms with van der Waals surface area (Å²) >= 11 is 0. The zero-order valence-corrected chi connectivity index (χ0v) is 27.3. The van der Waals surface area contributed by atoms with E-state index >= 15 is 0 Å². The highest BCUT2D eigenvalue weighted by Crippen LogP contribution is 2.44. The highest BCUT2D eigenvalue weighted by Gasteiger charge is 2.37. The van der Waals surface area contributed by atoms with Gasteiger partial charge in [0.05, 0.1) is 105 Å². The molecule has 0 amide bonds. The number of phosphoric ester groups is 2. The van der Waals surface area contributed by atoms with Crippen LogP contribution in [0.2, 0.25) is 0 Å². The van der Waals surface area contributed by atoms with Crippen LogP contribution in [0.15, 0.2) is 15.8 Å². The Morgan fingerprint density at radius 2 is 1.22 bits per heavy atom. The molecule has 1 aromatic heterocycles. The summed E-state index contributed by atoms with van der Waals surface area (Å²) in [6.45, 7) is 2.28. The van der Waals surface area contributed by atoms with Crippen LogP contribution in [-0.4, -0.2) is 141 Å². The van der Waals surface area contributed by atoms with Gasteiger partial charge in [0.15, 0.2) is 0 Å². The van der Waals surface area contributed by atoms with Crippen molar-refractivity contribution in [3.05, 3.63) is 32.6 Å². The number of nitrogens with one attached hydrogen (secondary N) is 1. The van der Waals surface area contributed by atoms with E-state index in [1.54, 1.807) is 0 Å². The van der Waals surface area contributed by atoms with Gasteiger partial charge in [0.1, 0.15) is 12.3 Å². The summed E-state index contributed by atoms with van der Waals surface area (Å²) in [6, 6.07) is 0. The number of H-pyrrole nitrogens is 1. The van der Waals surface area contributed by atoms with E-state index in [2.05, 4.69) is 14.0 Å². The average molecular weight is 711 g/mol. The second kappa shape index (κ2) is 22.3. The van der Waals surface area contributed by atoms with Gasteiger partial charge in [0, 0.05) is 18.2 Å². The molecule has 0 saturated carbocycles. The van der Waals surface area contributed by atoms with Crippen LogP contribution in [0.5, 0.6) is 0 Å². The van der Waals surface area contributed by atoms with E-state index < -0.39 is 58.5 Å². The molecule has 1 aliphatic rings. The normalized spacial score (nSPS) is 20.9. The van der Waals surface area contributed by atoms with Crippen LogP contribution in [0.3, 0.4) is 0 Å². The highest BCUT2D eigenvalue weighted by atomic mass is 31.2. The third-order valence-corrected chi connectivity index (χ3v) is 7.86. The van der Waals surface area contributed by atoms with Crippen molar-refractivity contribution in [1.29, 1.82) is 0 Å². The van der Waals surface area contributed by atoms with Gasteiger partial charge in [-0.3, -0.25) is 32.4 Å². The molecule has 22 heteroatoms. The van der Waals surface area contributed by atoms with Crippen molar-refractivity contribution >= 4 is 15.6 Å². The van der Waals surface area contributed by atoms with Crippen LogP contribution in [-0.2, 0) is 55.6 Å². The topological polar surface area (TPSA) is 262 Å². The molecule has 1 fully saturated rings. The van der Waals surface area contributed by atoms with Gasteiger partial charge in [-0.25, -0.2) is 13.9 Å². The summed E-state index contributed by atoms with van der Waals surface area (Å²) in [5.74, 6) is 0. The van der Waals surface area contributed by atoms with Crippen molar-refractivity contribution in [2.45, 2.75) is 31.8 Å². The lowest BCUT2D eigenvalue weighted by Crippen LogP contribution is -2.33. The molecular weight excluding hydrogens is 666 g/mol. The van der Waals surface area contributed by atoms with E-state index in [4.69, 9.17) is 42.6 Å². The second-order valence-corrected chi connectivity index (χ2v) is 12.3. The molecule has 1 aliphatic heterocycles. The monoisotopic (exact) mass is 710 g/mol. The largest absolute Gasteiger partial charge is 0.472 e. The minimum atomic E-state index is -4.47. The van der Waals surface area contributed by atoms with E-state index in [0.717, 1.165) is 4.57 Å². The fourth-order valence-corrected chi connectivity index (χ4v) is 5.05. The minimum absolute atomic E-state index is 0.00642. The van der Waals surface area contributed by atoms with Crippen molar-refractivity contribution in [3.8, 4) is 0 Å². The van der Waals surface area contributed by atoms with Crippen molar-refractivity contribution < 1.29 is 75.6 Å². The number of aliphatic hydroxyl groups excluding tert-OH is 2. The number of nitrogens with zero attached hydrogens (tertiary/aromatic N) is 1.